The molecule has 0 aliphatic rings. The number of halogens is 2. The molecule has 0 aliphatic heterocycles. The van der Waals surface area contributed by atoms with Gasteiger partial charge in [0, 0.05) is 37.6 Å². The van der Waals surface area contributed by atoms with E-state index in [4.69, 9.17) is 0 Å². The Labute approximate surface area is 184 Å². The molecule has 4 rings (SSSR count). The van der Waals surface area contributed by atoms with Gasteiger partial charge in [-0.15, -0.1) is 5.10 Å². The molecule has 1 unspecified atom stereocenters. The van der Waals surface area contributed by atoms with Crippen molar-refractivity contribution in [3.8, 4) is 22.6 Å². The summed E-state index contributed by atoms with van der Waals surface area (Å²) in [6, 6.07) is 11.9. The summed E-state index contributed by atoms with van der Waals surface area (Å²) in [5.74, 6) is 1.70. The van der Waals surface area contributed by atoms with Gasteiger partial charge in [-0.3, -0.25) is 9.37 Å². The van der Waals surface area contributed by atoms with Gasteiger partial charge in [-0.25, -0.2) is 19.2 Å². The van der Waals surface area contributed by atoms with Gasteiger partial charge >= 0.3 is 0 Å². The van der Waals surface area contributed by atoms with E-state index < -0.39 is 12.8 Å². The number of hydrogen-bond donors (Lipinski definition) is 1. The van der Waals surface area contributed by atoms with Crippen LogP contribution in [-0.4, -0.2) is 53.2 Å². The normalized spacial score (nSPS) is 12.2. The molecule has 32 heavy (non-hydrogen) atoms. The van der Waals surface area contributed by atoms with Gasteiger partial charge < -0.3 is 0 Å². The lowest BCUT2D eigenvalue weighted by Gasteiger charge is -2.08. The number of aromatic nitrogens is 8. The van der Waals surface area contributed by atoms with Crippen LogP contribution in [0.2, 0.25) is 0 Å². The number of alkyl halides is 2. The molecule has 8 nitrogen and oxygen atoms in total. The van der Waals surface area contributed by atoms with Gasteiger partial charge in [-0.1, -0.05) is 37.3 Å². The Balaban J connectivity index is 1.54. The van der Waals surface area contributed by atoms with Crippen LogP contribution in [-0.2, 0) is 19.4 Å². The third-order valence-corrected chi connectivity index (χ3v) is 5.06. The van der Waals surface area contributed by atoms with Crippen molar-refractivity contribution in [2.45, 2.75) is 45.3 Å². The lowest BCUT2D eigenvalue weighted by Crippen LogP contribution is -2.08. The number of nitrogens with zero attached hydrogens (tertiary/aromatic N) is 7. The topological polar surface area (TPSA) is 98.1 Å². The van der Waals surface area contributed by atoms with E-state index in [1.54, 1.807) is 6.20 Å². The molecular weight excluding hydrogens is 414 g/mol. The number of nitrogens with one attached hydrogen (secondary N) is 1. The fraction of sp³-hybridized carbons (Fsp3) is 0.364. The maximum absolute atomic E-state index is 13.8. The summed E-state index contributed by atoms with van der Waals surface area (Å²) in [5.41, 5.74) is 3.62. The van der Waals surface area contributed by atoms with Crippen molar-refractivity contribution in [1.82, 2.24) is 40.4 Å². The van der Waals surface area contributed by atoms with Gasteiger partial charge in [0.05, 0.1) is 6.67 Å². The molecule has 3 aromatic heterocycles. The standard InChI is InChI=1S/C22H24F2N8/c1-2-12-32-20(26-19(29-32)14-17(24)9-10-23)13-15-5-7-16(8-6-15)18-4-3-11-25-21(18)22-27-30-31-28-22/h3-8,11,17H,2,9-10,12-14H2,1H3,(H,27,28,30,31). The molecule has 0 aliphatic carbocycles. The summed E-state index contributed by atoms with van der Waals surface area (Å²) in [4.78, 5) is 8.94. The lowest BCUT2D eigenvalue weighted by atomic mass is 10.0. The van der Waals surface area contributed by atoms with Crippen molar-refractivity contribution in [1.29, 1.82) is 0 Å². The number of benzene rings is 1. The summed E-state index contributed by atoms with van der Waals surface area (Å²) >= 11 is 0. The molecule has 0 bridgehead atoms. The van der Waals surface area contributed by atoms with E-state index in [1.807, 2.05) is 41.1 Å². The number of pyridine rings is 1. The van der Waals surface area contributed by atoms with E-state index in [0.29, 0.717) is 30.3 Å². The molecular formula is C22H24F2N8. The Morgan fingerprint density at radius 3 is 2.72 bits per heavy atom. The van der Waals surface area contributed by atoms with Crippen LogP contribution in [0.25, 0.3) is 22.6 Å². The number of rotatable bonds is 10. The van der Waals surface area contributed by atoms with Crippen LogP contribution in [0.4, 0.5) is 8.78 Å². The Hall–Kier alpha value is -3.56. The predicted octanol–water partition coefficient (Wildman–Crippen LogP) is 3.76. The minimum absolute atomic E-state index is 0.0346. The van der Waals surface area contributed by atoms with Crippen molar-refractivity contribution in [2.75, 3.05) is 6.67 Å². The zero-order valence-corrected chi connectivity index (χ0v) is 17.7. The van der Waals surface area contributed by atoms with Gasteiger partial charge in [-0.2, -0.15) is 5.10 Å². The fourth-order valence-corrected chi connectivity index (χ4v) is 3.52. The van der Waals surface area contributed by atoms with Crippen molar-refractivity contribution < 1.29 is 8.78 Å². The molecule has 1 atom stereocenters. The monoisotopic (exact) mass is 438 g/mol. The number of aromatic amines is 1. The van der Waals surface area contributed by atoms with E-state index in [2.05, 4.69) is 42.6 Å². The second kappa shape index (κ2) is 10.2. The van der Waals surface area contributed by atoms with Crippen LogP contribution < -0.4 is 0 Å². The van der Waals surface area contributed by atoms with Gasteiger partial charge in [-0.05, 0) is 34.0 Å². The Morgan fingerprint density at radius 2 is 2.00 bits per heavy atom. The summed E-state index contributed by atoms with van der Waals surface area (Å²) in [6.07, 6.45) is 1.80. The first-order valence-electron chi connectivity index (χ1n) is 10.6. The molecule has 0 spiro atoms. The maximum atomic E-state index is 13.8. The quantitative estimate of drug-likeness (QED) is 0.405. The zero-order valence-electron chi connectivity index (χ0n) is 17.7. The first-order valence-corrected chi connectivity index (χ1v) is 10.6. The maximum Gasteiger partial charge on any atom is 0.198 e. The van der Waals surface area contributed by atoms with Crippen molar-refractivity contribution >= 4 is 0 Å². The number of tetrazole rings is 1. The lowest BCUT2D eigenvalue weighted by molar-refractivity contribution is 0.278. The molecule has 4 aromatic rings. The average molecular weight is 438 g/mol. The number of H-pyrrole nitrogens is 1. The third kappa shape index (κ3) is 5.01. The van der Waals surface area contributed by atoms with Crippen LogP contribution >= 0.6 is 0 Å². The SMILES string of the molecule is CCCn1nc(CC(F)CCF)nc1Cc1ccc(-c2cccnc2-c2nnn[nH]2)cc1. The van der Waals surface area contributed by atoms with Crippen molar-refractivity contribution in [3.63, 3.8) is 0 Å². The third-order valence-electron chi connectivity index (χ3n) is 5.06. The van der Waals surface area contributed by atoms with E-state index >= 15 is 0 Å². The summed E-state index contributed by atoms with van der Waals surface area (Å²) in [7, 11) is 0. The minimum atomic E-state index is -1.27. The summed E-state index contributed by atoms with van der Waals surface area (Å²) in [5, 5.41) is 18.4. The highest BCUT2D eigenvalue weighted by molar-refractivity contribution is 5.77. The molecule has 0 amide bonds. The number of hydrogen-bond acceptors (Lipinski definition) is 6. The second-order valence-corrected chi connectivity index (χ2v) is 7.47. The van der Waals surface area contributed by atoms with Crippen LogP contribution in [0.3, 0.4) is 0 Å². The molecule has 0 fully saturated rings. The molecule has 1 aromatic carbocycles. The fourth-order valence-electron chi connectivity index (χ4n) is 3.52. The summed E-state index contributed by atoms with van der Waals surface area (Å²) < 4.78 is 28.1. The van der Waals surface area contributed by atoms with Crippen LogP contribution in [0, 0.1) is 0 Å². The molecule has 0 saturated heterocycles. The van der Waals surface area contributed by atoms with Gasteiger partial charge in [0.1, 0.15) is 17.7 Å². The van der Waals surface area contributed by atoms with Gasteiger partial charge in [0.15, 0.2) is 11.6 Å². The Kier molecular flexibility index (Phi) is 6.88. The molecule has 3 heterocycles. The largest absolute Gasteiger partial charge is 0.252 e. The summed E-state index contributed by atoms with van der Waals surface area (Å²) in [6.45, 7) is 2.07. The molecule has 166 valence electrons. The van der Waals surface area contributed by atoms with Gasteiger partial charge in [0.2, 0.25) is 0 Å². The van der Waals surface area contributed by atoms with Crippen LogP contribution in [0.1, 0.15) is 37.0 Å². The second-order valence-electron chi connectivity index (χ2n) is 7.47. The zero-order chi connectivity index (χ0) is 22.3. The van der Waals surface area contributed by atoms with Crippen LogP contribution in [0.15, 0.2) is 42.6 Å². The van der Waals surface area contributed by atoms with Crippen molar-refractivity contribution in [2.24, 2.45) is 0 Å². The smallest absolute Gasteiger partial charge is 0.198 e. The molecule has 0 saturated carbocycles. The van der Waals surface area contributed by atoms with E-state index in [0.717, 1.165) is 28.9 Å². The van der Waals surface area contributed by atoms with Gasteiger partial charge in [0.25, 0.3) is 0 Å². The Bertz CT molecular complexity index is 1130. The molecule has 10 heteroatoms. The Morgan fingerprint density at radius 1 is 1.16 bits per heavy atom. The minimum Gasteiger partial charge on any atom is -0.252 e. The highest BCUT2D eigenvalue weighted by Crippen LogP contribution is 2.28. The van der Waals surface area contributed by atoms with E-state index in [1.165, 1.54) is 0 Å². The van der Waals surface area contributed by atoms with E-state index in [-0.39, 0.29) is 12.8 Å². The van der Waals surface area contributed by atoms with Crippen molar-refractivity contribution in [3.05, 3.63) is 59.8 Å². The van der Waals surface area contributed by atoms with E-state index in [9.17, 15) is 8.78 Å². The average Bonchev–Trinajstić information content (AvgIpc) is 3.45. The highest BCUT2D eigenvalue weighted by Gasteiger charge is 2.16. The molecule has 0 radical (unpaired) electrons. The first kappa shape index (κ1) is 21.7. The first-order chi connectivity index (χ1) is 15.7. The van der Waals surface area contributed by atoms with Crippen LogP contribution in [0.5, 0.6) is 0 Å². The highest BCUT2D eigenvalue weighted by atomic mass is 19.1. The molecule has 1 N–H and O–H groups in total. The predicted molar refractivity (Wildman–Crippen MR) is 115 cm³/mol. The number of aryl methyl sites for hydroxylation is 1.